The molecule has 118 valence electrons. The highest BCUT2D eigenvalue weighted by molar-refractivity contribution is 5.15. The van der Waals surface area contributed by atoms with Crippen LogP contribution in [-0.2, 0) is 6.54 Å². The summed E-state index contributed by atoms with van der Waals surface area (Å²) < 4.78 is 13.0. The summed E-state index contributed by atoms with van der Waals surface area (Å²) in [5.41, 5.74) is 1.52. The molecule has 1 N–H and O–H groups in total. The summed E-state index contributed by atoms with van der Waals surface area (Å²) in [5, 5.41) is 3.70. The molecule has 1 saturated carbocycles. The highest BCUT2D eigenvalue weighted by atomic mass is 19.1. The van der Waals surface area contributed by atoms with Crippen molar-refractivity contribution in [3.63, 3.8) is 0 Å². The van der Waals surface area contributed by atoms with Gasteiger partial charge in [-0.2, -0.15) is 0 Å². The summed E-state index contributed by atoms with van der Waals surface area (Å²) in [6.07, 6.45) is 5.07. The highest BCUT2D eigenvalue weighted by Crippen LogP contribution is 2.29. The Morgan fingerprint density at radius 2 is 1.81 bits per heavy atom. The van der Waals surface area contributed by atoms with Gasteiger partial charge in [0, 0.05) is 25.7 Å². The van der Waals surface area contributed by atoms with Crippen LogP contribution in [0.15, 0.2) is 24.3 Å². The molecule has 0 aliphatic heterocycles. The van der Waals surface area contributed by atoms with Gasteiger partial charge in [0.25, 0.3) is 0 Å². The monoisotopic (exact) mass is 292 g/mol. The van der Waals surface area contributed by atoms with E-state index in [1.165, 1.54) is 31.2 Å². The third-order valence-corrected chi connectivity index (χ3v) is 4.81. The van der Waals surface area contributed by atoms with Gasteiger partial charge < -0.3 is 10.2 Å². The molecule has 1 fully saturated rings. The molecule has 0 radical (unpaired) electrons. The van der Waals surface area contributed by atoms with Crippen molar-refractivity contribution in [2.75, 3.05) is 20.1 Å². The Kier molecular flexibility index (Phi) is 5.77. The quantitative estimate of drug-likeness (QED) is 0.744. The SMILES string of the molecule is CCC(CC)(CNC1CC1)CN(C)Cc1ccc(F)cc1. The molecule has 1 aliphatic rings. The van der Waals surface area contributed by atoms with E-state index in [0.717, 1.165) is 25.7 Å². The van der Waals surface area contributed by atoms with E-state index in [4.69, 9.17) is 0 Å². The minimum absolute atomic E-state index is 0.161. The maximum absolute atomic E-state index is 13.0. The second-order valence-corrected chi connectivity index (χ2v) is 6.66. The maximum Gasteiger partial charge on any atom is 0.123 e. The molecular formula is C18H29FN2. The maximum atomic E-state index is 13.0. The Morgan fingerprint density at radius 3 is 2.33 bits per heavy atom. The third kappa shape index (κ3) is 5.08. The van der Waals surface area contributed by atoms with E-state index in [0.29, 0.717) is 5.41 Å². The molecule has 0 aromatic heterocycles. The van der Waals surface area contributed by atoms with Crippen molar-refractivity contribution in [1.82, 2.24) is 10.2 Å². The zero-order chi connectivity index (χ0) is 15.3. The van der Waals surface area contributed by atoms with Gasteiger partial charge in [-0.3, -0.25) is 0 Å². The largest absolute Gasteiger partial charge is 0.313 e. The van der Waals surface area contributed by atoms with Crippen molar-refractivity contribution in [1.29, 1.82) is 0 Å². The second-order valence-electron chi connectivity index (χ2n) is 6.66. The van der Waals surface area contributed by atoms with Crippen LogP contribution in [-0.4, -0.2) is 31.1 Å². The summed E-state index contributed by atoms with van der Waals surface area (Å²) in [4.78, 5) is 2.37. The lowest BCUT2D eigenvalue weighted by Gasteiger charge is -2.36. The molecule has 1 aromatic carbocycles. The minimum atomic E-state index is -0.161. The van der Waals surface area contributed by atoms with Crippen LogP contribution in [0.1, 0.15) is 45.1 Å². The van der Waals surface area contributed by atoms with Crippen LogP contribution in [0, 0.1) is 11.2 Å². The fraction of sp³-hybridized carbons (Fsp3) is 0.667. The van der Waals surface area contributed by atoms with Gasteiger partial charge in [-0.15, -0.1) is 0 Å². The first kappa shape index (κ1) is 16.4. The Balaban J connectivity index is 1.89. The molecule has 1 aliphatic carbocycles. The normalized spacial score (nSPS) is 15.7. The van der Waals surface area contributed by atoms with Crippen molar-refractivity contribution in [2.24, 2.45) is 5.41 Å². The van der Waals surface area contributed by atoms with Gasteiger partial charge >= 0.3 is 0 Å². The first-order valence-electron chi connectivity index (χ1n) is 8.23. The molecule has 0 bridgehead atoms. The smallest absolute Gasteiger partial charge is 0.123 e. The molecule has 0 unspecified atom stereocenters. The van der Waals surface area contributed by atoms with Crippen LogP contribution in [0.3, 0.4) is 0 Å². The molecule has 0 atom stereocenters. The molecule has 0 amide bonds. The number of halogens is 1. The average Bonchev–Trinajstić information content (AvgIpc) is 3.30. The molecular weight excluding hydrogens is 263 g/mol. The average molecular weight is 292 g/mol. The number of hydrogen-bond donors (Lipinski definition) is 1. The van der Waals surface area contributed by atoms with Crippen molar-refractivity contribution in [2.45, 2.75) is 52.1 Å². The zero-order valence-corrected chi connectivity index (χ0v) is 13.7. The van der Waals surface area contributed by atoms with Crippen molar-refractivity contribution in [3.8, 4) is 0 Å². The van der Waals surface area contributed by atoms with Crippen molar-refractivity contribution < 1.29 is 4.39 Å². The molecule has 2 nitrogen and oxygen atoms in total. The predicted octanol–water partition coefficient (Wildman–Crippen LogP) is 3.82. The van der Waals surface area contributed by atoms with Crippen molar-refractivity contribution in [3.05, 3.63) is 35.6 Å². The van der Waals surface area contributed by atoms with Crippen LogP contribution in [0.5, 0.6) is 0 Å². The van der Waals surface area contributed by atoms with Gasteiger partial charge in [0.2, 0.25) is 0 Å². The van der Waals surface area contributed by atoms with E-state index >= 15 is 0 Å². The summed E-state index contributed by atoms with van der Waals surface area (Å²) >= 11 is 0. The lowest BCUT2D eigenvalue weighted by atomic mass is 9.81. The summed E-state index contributed by atoms with van der Waals surface area (Å²) in [6, 6.07) is 7.63. The number of benzene rings is 1. The van der Waals surface area contributed by atoms with Gasteiger partial charge in [-0.1, -0.05) is 26.0 Å². The molecule has 1 aromatic rings. The van der Waals surface area contributed by atoms with Gasteiger partial charge in [0.1, 0.15) is 5.82 Å². The van der Waals surface area contributed by atoms with Crippen LogP contribution in [0.2, 0.25) is 0 Å². The lowest BCUT2D eigenvalue weighted by molar-refractivity contribution is 0.150. The minimum Gasteiger partial charge on any atom is -0.313 e. The molecule has 21 heavy (non-hydrogen) atoms. The van der Waals surface area contributed by atoms with Gasteiger partial charge in [0.05, 0.1) is 0 Å². The number of hydrogen-bond acceptors (Lipinski definition) is 2. The van der Waals surface area contributed by atoms with Crippen LogP contribution in [0.25, 0.3) is 0 Å². The molecule has 2 rings (SSSR count). The fourth-order valence-corrected chi connectivity index (χ4v) is 2.96. The van der Waals surface area contributed by atoms with E-state index < -0.39 is 0 Å². The summed E-state index contributed by atoms with van der Waals surface area (Å²) in [5.74, 6) is -0.161. The second kappa shape index (κ2) is 7.37. The highest BCUT2D eigenvalue weighted by Gasteiger charge is 2.30. The van der Waals surface area contributed by atoms with E-state index in [1.54, 1.807) is 12.1 Å². The molecule has 0 spiro atoms. The Bertz CT molecular complexity index is 421. The van der Waals surface area contributed by atoms with Crippen LogP contribution < -0.4 is 5.32 Å². The zero-order valence-electron chi connectivity index (χ0n) is 13.7. The number of rotatable bonds is 9. The summed E-state index contributed by atoms with van der Waals surface area (Å²) in [6.45, 7) is 7.66. The van der Waals surface area contributed by atoms with Gasteiger partial charge in [-0.05, 0) is 55.8 Å². The van der Waals surface area contributed by atoms with Crippen LogP contribution in [0.4, 0.5) is 4.39 Å². The van der Waals surface area contributed by atoms with E-state index in [9.17, 15) is 4.39 Å². The number of nitrogens with zero attached hydrogens (tertiary/aromatic N) is 1. The molecule has 3 heteroatoms. The number of nitrogens with one attached hydrogen (secondary N) is 1. The summed E-state index contributed by atoms with van der Waals surface area (Å²) in [7, 11) is 2.17. The standard InChI is InChI=1S/C18H29FN2/c1-4-18(5-2,13-20-17-10-11-17)14-21(3)12-15-6-8-16(19)9-7-15/h6-9,17,20H,4-5,10-14H2,1-3H3. The van der Waals surface area contributed by atoms with Crippen molar-refractivity contribution >= 4 is 0 Å². The van der Waals surface area contributed by atoms with Crippen LogP contribution >= 0.6 is 0 Å². The van der Waals surface area contributed by atoms with E-state index in [2.05, 4.69) is 31.1 Å². The Hall–Kier alpha value is -0.930. The Labute approximate surface area is 128 Å². The fourth-order valence-electron chi connectivity index (χ4n) is 2.96. The first-order valence-corrected chi connectivity index (χ1v) is 8.23. The van der Waals surface area contributed by atoms with Gasteiger partial charge in [-0.25, -0.2) is 4.39 Å². The molecule has 0 heterocycles. The van der Waals surface area contributed by atoms with Gasteiger partial charge in [0.15, 0.2) is 0 Å². The first-order chi connectivity index (χ1) is 10.1. The molecule has 0 saturated heterocycles. The topological polar surface area (TPSA) is 15.3 Å². The Morgan fingerprint density at radius 1 is 1.19 bits per heavy atom. The van der Waals surface area contributed by atoms with E-state index in [1.807, 2.05) is 12.1 Å². The predicted molar refractivity (Wildman–Crippen MR) is 86.8 cm³/mol. The van der Waals surface area contributed by atoms with E-state index in [-0.39, 0.29) is 5.82 Å². The lowest BCUT2D eigenvalue weighted by Crippen LogP contribution is -2.42. The third-order valence-electron chi connectivity index (χ3n) is 4.81.